The van der Waals surface area contributed by atoms with Crippen LogP contribution in [0.2, 0.25) is 0 Å². The van der Waals surface area contributed by atoms with E-state index in [1.54, 1.807) is 6.92 Å². The first-order chi connectivity index (χ1) is 8.19. The largest absolute Gasteiger partial charge is 0.351 e. The van der Waals surface area contributed by atoms with Gasteiger partial charge >= 0.3 is 0 Å². The van der Waals surface area contributed by atoms with E-state index >= 15 is 0 Å². The zero-order valence-corrected chi connectivity index (χ0v) is 10.2. The van der Waals surface area contributed by atoms with Gasteiger partial charge in [-0.3, -0.25) is 14.8 Å². The number of nitrogens with one attached hydrogen (secondary N) is 2. The van der Waals surface area contributed by atoms with Gasteiger partial charge in [-0.25, -0.2) is 10.5 Å². The Morgan fingerprint density at radius 3 is 2.24 bits per heavy atom. The van der Waals surface area contributed by atoms with Crippen molar-refractivity contribution in [1.82, 2.24) is 15.8 Å². The molecule has 1 heterocycles. The first kappa shape index (κ1) is 15.0. The molecule has 0 aromatic carbocycles. The normalized spacial score (nSPS) is 8.71. The third-order valence-electron chi connectivity index (χ3n) is 1.65. The summed E-state index contributed by atoms with van der Waals surface area (Å²) in [5.74, 6) is -1.11. The number of hydrogen-bond donors (Lipinski definition) is 3. The topological polar surface area (TPSA) is 91.3 Å². The predicted octanol–water partition coefficient (Wildman–Crippen LogP) is 0.976. The van der Waals surface area contributed by atoms with Gasteiger partial charge in [0, 0.05) is 6.54 Å². The maximum atomic E-state index is 11.3. The van der Waals surface area contributed by atoms with Crippen LogP contribution in [0, 0.1) is 0 Å². The van der Waals surface area contributed by atoms with E-state index in [4.69, 9.17) is 5.21 Å². The summed E-state index contributed by atoms with van der Waals surface area (Å²) in [6.07, 6.45) is 0. The second-order valence-electron chi connectivity index (χ2n) is 2.71. The third kappa shape index (κ3) is 4.60. The smallest absolute Gasteiger partial charge is 0.293 e. The molecule has 6 nitrogen and oxygen atoms in total. The number of pyridine rings is 1. The van der Waals surface area contributed by atoms with Crippen LogP contribution in [0.4, 0.5) is 0 Å². The number of amides is 2. The van der Waals surface area contributed by atoms with Gasteiger partial charge in [0.25, 0.3) is 11.8 Å². The average molecular weight is 239 g/mol. The van der Waals surface area contributed by atoms with Crippen molar-refractivity contribution in [3.05, 3.63) is 29.6 Å². The lowest BCUT2D eigenvalue weighted by atomic mass is 10.3. The van der Waals surface area contributed by atoms with Crippen molar-refractivity contribution in [2.24, 2.45) is 0 Å². The van der Waals surface area contributed by atoms with Crippen LogP contribution in [-0.4, -0.2) is 28.6 Å². The van der Waals surface area contributed by atoms with Crippen molar-refractivity contribution in [3.8, 4) is 0 Å². The molecule has 0 radical (unpaired) electrons. The van der Waals surface area contributed by atoms with Crippen molar-refractivity contribution >= 4 is 11.8 Å². The highest BCUT2D eigenvalue weighted by Gasteiger charge is 2.10. The van der Waals surface area contributed by atoms with E-state index in [9.17, 15) is 9.59 Å². The highest BCUT2D eigenvalue weighted by Crippen LogP contribution is 1.99. The molecule has 1 rings (SSSR count). The van der Waals surface area contributed by atoms with Crippen LogP contribution < -0.4 is 10.8 Å². The Hall–Kier alpha value is -1.95. The van der Waals surface area contributed by atoms with Gasteiger partial charge in [0.05, 0.1) is 0 Å². The number of nitrogens with zero attached hydrogens (tertiary/aromatic N) is 1. The number of carbonyl (C=O) groups is 2. The van der Waals surface area contributed by atoms with E-state index in [1.807, 2.05) is 13.8 Å². The van der Waals surface area contributed by atoms with Gasteiger partial charge in [0.1, 0.15) is 11.4 Å². The summed E-state index contributed by atoms with van der Waals surface area (Å²) in [6, 6.07) is 4.40. The Kier molecular flexibility index (Phi) is 7.29. The lowest BCUT2D eigenvalue weighted by molar-refractivity contribution is 0.0700. The number of aromatic nitrogens is 1. The molecule has 0 bridgehead atoms. The summed E-state index contributed by atoms with van der Waals surface area (Å²) >= 11 is 0. The fraction of sp³-hybridized carbons (Fsp3) is 0.364. The van der Waals surface area contributed by atoms with Crippen LogP contribution in [0.3, 0.4) is 0 Å². The van der Waals surface area contributed by atoms with Crippen molar-refractivity contribution in [2.45, 2.75) is 20.8 Å². The van der Waals surface area contributed by atoms with E-state index in [2.05, 4.69) is 10.3 Å². The Morgan fingerprint density at radius 2 is 1.76 bits per heavy atom. The van der Waals surface area contributed by atoms with Crippen LogP contribution in [0.5, 0.6) is 0 Å². The summed E-state index contributed by atoms with van der Waals surface area (Å²) in [4.78, 5) is 26.1. The Morgan fingerprint density at radius 1 is 1.24 bits per heavy atom. The van der Waals surface area contributed by atoms with Gasteiger partial charge < -0.3 is 5.32 Å². The summed E-state index contributed by atoms with van der Waals surface area (Å²) in [5, 5.41) is 10.9. The molecule has 0 saturated heterocycles. The van der Waals surface area contributed by atoms with Gasteiger partial charge in [-0.05, 0) is 19.1 Å². The second kappa shape index (κ2) is 8.23. The molecule has 6 heteroatoms. The zero-order chi connectivity index (χ0) is 13.3. The van der Waals surface area contributed by atoms with Crippen LogP contribution >= 0.6 is 0 Å². The van der Waals surface area contributed by atoms with Crippen LogP contribution in [-0.2, 0) is 0 Å². The van der Waals surface area contributed by atoms with E-state index in [-0.39, 0.29) is 17.3 Å². The second-order valence-corrected chi connectivity index (χ2v) is 2.71. The average Bonchev–Trinajstić information content (AvgIpc) is 2.40. The molecule has 2 amide bonds. The lowest BCUT2D eigenvalue weighted by Crippen LogP contribution is -2.26. The lowest BCUT2D eigenvalue weighted by Gasteiger charge is -2.02. The molecule has 0 fully saturated rings. The molecular weight excluding hydrogens is 222 g/mol. The highest BCUT2D eigenvalue weighted by atomic mass is 16.5. The Labute approximate surface area is 100 Å². The molecule has 0 atom stereocenters. The molecular formula is C11H17N3O3. The fourth-order valence-electron chi connectivity index (χ4n) is 0.996. The standard InChI is InChI=1S/C9H11N3O3.C2H6/c1-2-10-8(13)6-4-3-5-7(11-6)9(14)12-15;1-2/h3-5,15H,2H2,1H3,(H,10,13)(H,12,14);1-2H3. The predicted molar refractivity (Wildman–Crippen MR) is 62.8 cm³/mol. The monoisotopic (exact) mass is 239 g/mol. The number of hydrogen-bond acceptors (Lipinski definition) is 4. The minimum Gasteiger partial charge on any atom is -0.351 e. The van der Waals surface area contributed by atoms with Crippen LogP contribution in [0.25, 0.3) is 0 Å². The van der Waals surface area contributed by atoms with E-state index in [0.717, 1.165) is 0 Å². The zero-order valence-electron chi connectivity index (χ0n) is 10.2. The molecule has 3 N–H and O–H groups in total. The Balaban J connectivity index is 0.00000121. The molecule has 0 spiro atoms. The van der Waals surface area contributed by atoms with Crippen molar-refractivity contribution in [2.75, 3.05) is 6.54 Å². The molecule has 17 heavy (non-hydrogen) atoms. The molecule has 0 saturated carbocycles. The third-order valence-corrected chi connectivity index (χ3v) is 1.65. The van der Waals surface area contributed by atoms with Crippen LogP contribution in [0.15, 0.2) is 18.2 Å². The van der Waals surface area contributed by atoms with E-state index in [1.165, 1.54) is 23.7 Å². The van der Waals surface area contributed by atoms with Crippen LogP contribution in [0.1, 0.15) is 41.7 Å². The first-order valence-electron chi connectivity index (χ1n) is 5.38. The molecule has 0 aliphatic rings. The van der Waals surface area contributed by atoms with Gasteiger partial charge in [-0.1, -0.05) is 19.9 Å². The SMILES string of the molecule is CC.CCNC(=O)c1cccc(C(=O)NO)n1. The van der Waals surface area contributed by atoms with Crippen molar-refractivity contribution in [1.29, 1.82) is 0 Å². The summed E-state index contributed by atoms with van der Waals surface area (Å²) in [5.41, 5.74) is 1.57. The van der Waals surface area contributed by atoms with Gasteiger partial charge in [-0.15, -0.1) is 0 Å². The summed E-state index contributed by atoms with van der Waals surface area (Å²) in [7, 11) is 0. The maximum Gasteiger partial charge on any atom is 0.293 e. The molecule has 0 aliphatic heterocycles. The molecule has 0 aliphatic carbocycles. The summed E-state index contributed by atoms with van der Waals surface area (Å²) < 4.78 is 0. The minimum atomic E-state index is -0.749. The van der Waals surface area contributed by atoms with Crippen molar-refractivity contribution in [3.63, 3.8) is 0 Å². The highest BCUT2D eigenvalue weighted by molar-refractivity contribution is 5.95. The fourth-order valence-corrected chi connectivity index (χ4v) is 0.996. The van der Waals surface area contributed by atoms with E-state index < -0.39 is 5.91 Å². The Bertz CT molecular complexity index is 380. The molecule has 94 valence electrons. The number of rotatable bonds is 3. The van der Waals surface area contributed by atoms with Gasteiger partial charge in [0.15, 0.2) is 0 Å². The van der Waals surface area contributed by atoms with Crippen molar-refractivity contribution < 1.29 is 14.8 Å². The number of carbonyl (C=O) groups excluding carboxylic acids is 2. The molecule has 0 unspecified atom stereocenters. The quantitative estimate of drug-likeness (QED) is 0.541. The molecule has 1 aromatic rings. The van der Waals surface area contributed by atoms with Gasteiger partial charge in [0.2, 0.25) is 0 Å². The first-order valence-corrected chi connectivity index (χ1v) is 5.38. The maximum absolute atomic E-state index is 11.3. The minimum absolute atomic E-state index is 0.0127. The summed E-state index contributed by atoms with van der Waals surface area (Å²) in [6.45, 7) is 6.26. The molecule has 1 aromatic heterocycles. The number of hydroxylamine groups is 1. The van der Waals surface area contributed by atoms with E-state index in [0.29, 0.717) is 6.54 Å². The van der Waals surface area contributed by atoms with Gasteiger partial charge in [-0.2, -0.15) is 0 Å².